The summed E-state index contributed by atoms with van der Waals surface area (Å²) in [5, 5.41) is 7.64. The van der Waals surface area contributed by atoms with Crippen LogP contribution in [0, 0.1) is 0 Å². The first kappa shape index (κ1) is 12.9. The molecule has 1 aliphatic rings. The molecule has 3 rings (SSSR count). The van der Waals surface area contributed by atoms with Crippen LogP contribution in [-0.4, -0.2) is 11.8 Å². The van der Waals surface area contributed by atoms with Crippen molar-refractivity contribution in [2.75, 3.05) is 5.32 Å². The molecule has 0 radical (unpaired) electrons. The lowest BCUT2D eigenvalue weighted by Crippen LogP contribution is -2.22. The number of thiophene rings is 1. The molecule has 102 valence electrons. The van der Waals surface area contributed by atoms with Crippen molar-refractivity contribution in [1.29, 1.82) is 0 Å². The van der Waals surface area contributed by atoms with E-state index in [0.717, 1.165) is 28.1 Å². The van der Waals surface area contributed by atoms with Crippen molar-refractivity contribution in [1.82, 2.24) is 5.32 Å². The van der Waals surface area contributed by atoms with Crippen molar-refractivity contribution in [3.05, 3.63) is 51.7 Å². The van der Waals surface area contributed by atoms with E-state index < -0.39 is 0 Å². The molecule has 2 heterocycles. The third kappa shape index (κ3) is 2.72. The van der Waals surface area contributed by atoms with Gasteiger partial charge >= 0.3 is 0 Å². The molecule has 0 fully saturated rings. The third-order valence-corrected chi connectivity index (χ3v) is 4.13. The number of aryl methyl sites for hydroxylation is 1. The molecule has 2 N–H and O–H groups in total. The van der Waals surface area contributed by atoms with Gasteiger partial charge in [0, 0.05) is 18.7 Å². The highest BCUT2D eigenvalue weighted by molar-refractivity contribution is 7.12. The average molecular weight is 286 g/mol. The maximum Gasteiger partial charge on any atom is 0.261 e. The van der Waals surface area contributed by atoms with Gasteiger partial charge in [-0.1, -0.05) is 18.2 Å². The van der Waals surface area contributed by atoms with Crippen LogP contribution in [0.2, 0.25) is 0 Å². The average Bonchev–Trinajstić information content (AvgIpc) is 2.99. The maximum atomic E-state index is 11.9. The van der Waals surface area contributed by atoms with Gasteiger partial charge in [0.05, 0.1) is 4.88 Å². The summed E-state index contributed by atoms with van der Waals surface area (Å²) in [7, 11) is 0. The van der Waals surface area contributed by atoms with Crippen molar-refractivity contribution >= 4 is 28.8 Å². The van der Waals surface area contributed by atoms with E-state index in [1.54, 1.807) is 0 Å². The first-order chi connectivity index (χ1) is 9.72. The Morgan fingerprint density at radius 1 is 1.30 bits per heavy atom. The highest BCUT2D eigenvalue weighted by atomic mass is 32.1. The molecule has 2 aromatic rings. The molecule has 0 saturated carbocycles. The van der Waals surface area contributed by atoms with E-state index in [-0.39, 0.29) is 11.8 Å². The number of amides is 2. The summed E-state index contributed by atoms with van der Waals surface area (Å²) in [5.74, 6) is 0.0160. The Morgan fingerprint density at radius 3 is 3.00 bits per heavy atom. The van der Waals surface area contributed by atoms with E-state index in [2.05, 4.69) is 10.6 Å². The van der Waals surface area contributed by atoms with Gasteiger partial charge in [-0.25, -0.2) is 0 Å². The standard InChI is InChI=1S/C15H14N2O2S/c18-14-6-4-11-8-10(3-5-12(11)17-14)9-16-15(19)13-2-1-7-20-13/h1-3,5,7-8H,4,6,9H2,(H,16,19)(H,17,18). The third-order valence-electron chi connectivity index (χ3n) is 3.26. The van der Waals surface area contributed by atoms with Gasteiger partial charge in [0.2, 0.25) is 5.91 Å². The molecular weight excluding hydrogens is 272 g/mol. The van der Waals surface area contributed by atoms with Crippen molar-refractivity contribution in [2.24, 2.45) is 0 Å². The van der Waals surface area contributed by atoms with Crippen LogP contribution in [0.1, 0.15) is 27.2 Å². The van der Waals surface area contributed by atoms with Crippen LogP contribution in [0.3, 0.4) is 0 Å². The van der Waals surface area contributed by atoms with Gasteiger partial charge in [-0.2, -0.15) is 0 Å². The number of benzene rings is 1. The molecule has 20 heavy (non-hydrogen) atoms. The number of fused-ring (bicyclic) bond motifs is 1. The fraction of sp³-hybridized carbons (Fsp3) is 0.200. The minimum absolute atomic E-state index is 0.0500. The summed E-state index contributed by atoms with van der Waals surface area (Å²) in [6.07, 6.45) is 1.28. The Hall–Kier alpha value is -2.14. The van der Waals surface area contributed by atoms with Crippen LogP contribution in [0.25, 0.3) is 0 Å². The number of carbonyl (C=O) groups excluding carboxylic acids is 2. The van der Waals surface area contributed by atoms with Crippen LogP contribution < -0.4 is 10.6 Å². The number of carbonyl (C=O) groups is 2. The van der Waals surface area contributed by atoms with Crippen LogP contribution >= 0.6 is 11.3 Å². The normalized spacial score (nSPS) is 13.5. The summed E-state index contributed by atoms with van der Waals surface area (Å²) in [5.41, 5.74) is 3.06. The largest absolute Gasteiger partial charge is 0.347 e. The molecule has 0 unspecified atom stereocenters. The van der Waals surface area contributed by atoms with Gasteiger partial charge in [0.15, 0.2) is 0 Å². The van der Waals surface area contributed by atoms with E-state index >= 15 is 0 Å². The molecule has 1 aromatic carbocycles. The van der Waals surface area contributed by atoms with Gasteiger partial charge in [0.25, 0.3) is 5.91 Å². The van der Waals surface area contributed by atoms with Crippen LogP contribution in [0.4, 0.5) is 5.69 Å². The molecule has 4 nitrogen and oxygen atoms in total. The summed E-state index contributed by atoms with van der Waals surface area (Å²) >= 11 is 1.43. The number of nitrogens with one attached hydrogen (secondary N) is 2. The summed E-state index contributed by atoms with van der Waals surface area (Å²) in [6, 6.07) is 9.55. The fourth-order valence-corrected chi connectivity index (χ4v) is 2.86. The van der Waals surface area contributed by atoms with Crippen molar-refractivity contribution in [3.8, 4) is 0 Å². The lowest BCUT2D eigenvalue weighted by molar-refractivity contribution is -0.116. The van der Waals surface area contributed by atoms with Crippen molar-refractivity contribution in [3.63, 3.8) is 0 Å². The quantitative estimate of drug-likeness (QED) is 0.911. The molecule has 1 aromatic heterocycles. The number of anilines is 1. The zero-order valence-corrected chi connectivity index (χ0v) is 11.6. The van der Waals surface area contributed by atoms with Crippen LogP contribution in [-0.2, 0) is 17.8 Å². The predicted molar refractivity (Wildman–Crippen MR) is 78.9 cm³/mol. The van der Waals surface area contributed by atoms with Crippen molar-refractivity contribution in [2.45, 2.75) is 19.4 Å². The zero-order valence-electron chi connectivity index (χ0n) is 10.8. The molecule has 5 heteroatoms. The second-order valence-electron chi connectivity index (χ2n) is 4.70. The molecular formula is C15H14N2O2S. The van der Waals surface area contributed by atoms with Gasteiger partial charge in [-0.05, 0) is 35.1 Å². The second-order valence-corrected chi connectivity index (χ2v) is 5.65. The Morgan fingerprint density at radius 2 is 2.20 bits per heavy atom. The summed E-state index contributed by atoms with van der Waals surface area (Å²) in [6.45, 7) is 0.498. The van der Waals surface area contributed by atoms with E-state index in [1.807, 2.05) is 35.7 Å². The van der Waals surface area contributed by atoms with Gasteiger partial charge in [-0.15, -0.1) is 11.3 Å². The SMILES string of the molecule is O=C1CCc2cc(CNC(=O)c3cccs3)ccc2N1. The molecule has 2 amide bonds. The minimum Gasteiger partial charge on any atom is -0.347 e. The lowest BCUT2D eigenvalue weighted by atomic mass is 10.0. The van der Waals surface area contributed by atoms with Crippen LogP contribution in [0.15, 0.2) is 35.7 Å². The highest BCUT2D eigenvalue weighted by Crippen LogP contribution is 2.23. The van der Waals surface area contributed by atoms with Gasteiger partial charge in [0.1, 0.15) is 0 Å². The van der Waals surface area contributed by atoms with E-state index in [0.29, 0.717) is 13.0 Å². The Labute approximate surface area is 120 Å². The molecule has 0 atom stereocenters. The smallest absolute Gasteiger partial charge is 0.261 e. The lowest BCUT2D eigenvalue weighted by Gasteiger charge is -2.17. The molecule has 1 aliphatic heterocycles. The number of rotatable bonds is 3. The molecule has 0 spiro atoms. The molecule has 0 aliphatic carbocycles. The van der Waals surface area contributed by atoms with E-state index in [4.69, 9.17) is 0 Å². The van der Waals surface area contributed by atoms with Gasteiger partial charge < -0.3 is 10.6 Å². The van der Waals surface area contributed by atoms with E-state index in [9.17, 15) is 9.59 Å². The van der Waals surface area contributed by atoms with Crippen LogP contribution in [0.5, 0.6) is 0 Å². The Balaban J connectivity index is 1.67. The Bertz CT molecular complexity index is 650. The summed E-state index contributed by atoms with van der Waals surface area (Å²) < 4.78 is 0. The van der Waals surface area contributed by atoms with E-state index in [1.165, 1.54) is 11.3 Å². The second kappa shape index (κ2) is 5.46. The highest BCUT2D eigenvalue weighted by Gasteiger charge is 2.15. The zero-order chi connectivity index (χ0) is 13.9. The first-order valence-corrected chi connectivity index (χ1v) is 7.34. The first-order valence-electron chi connectivity index (χ1n) is 6.46. The Kier molecular flexibility index (Phi) is 3.52. The topological polar surface area (TPSA) is 58.2 Å². The van der Waals surface area contributed by atoms with Gasteiger partial charge in [-0.3, -0.25) is 9.59 Å². The predicted octanol–water partition coefficient (Wildman–Crippen LogP) is 2.56. The fourth-order valence-electron chi connectivity index (χ4n) is 2.22. The maximum absolute atomic E-state index is 11.9. The number of hydrogen-bond acceptors (Lipinski definition) is 3. The van der Waals surface area contributed by atoms with Crippen molar-refractivity contribution < 1.29 is 9.59 Å². The molecule has 0 bridgehead atoms. The minimum atomic E-state index is -0.0500. The number of hydrogen-bond donors (Lipinski definition) is 2. The summed E-state index contributed by atoms with van der Waals surface area (Å²) in [4.78, 5) is 23.9. The molecule has 0 saturated heterocycles. The monoisotopic (exact) mass is 286 g/mol.